The van der Waals surface area contributed by atoms with E-state index < -0.39 is 0 Å². The molecule has 0 N–H and O–H groups in total. The lowest BCUT2D eigenvalue weighted by Crippen LogP contribution is -2.46. The van der Waals surface area contributed by atoms with E-state index in [0.29, 0.717) is 11.8 Å². The van der Waals surface area contributed by atoms with Gasteiger partial charge in [-0.25, -0.2) is 0 Å². The largest absolute Gasteiger partial charge is 0.311 e. The lowest BCUT2D eigenvalue weighted by molar-refractivity contribution is 0.115. The standard InChI is InChI=1S/C20H20N2OS2/c23-19-6-5-17(18-4-2-8-25-18)20-15-9-14(11-22(19)20)10-21(12-15)13-16-3-1-7-24-16/h1-8,14-15H,9-13H2/t14-,15+/m0/s1. The summed E-state index contributed by atoms with van der Waals surface area (Å²) >= 11 is 3.60. The molecule has 0 amide bonds. The van der Waals surface area contributed by atoms with Crippen LogP contribution in [0, 0.1) is 5.92 Å². The predicted octanol–water partition coefficient (Wildman–Crippen LogP) is 4.26. The van der Waals surface area contributed by atoms with Gasteiger partial charge in [-0.1, -0.05) is 12.1 Å². The number of hydrogen-bond acceptors (Lipinski definition) is 4. The zero-order valence-electron chi connectivity index (χ0n) is 13.9. The highest BCUT2D eigenvalue weighted by Crippen LogP contribution is 2.41. The van der Waals surface area contributed by atoms with Crippen LogP contribution in [-0.2, 0) is 13.1 Å². The zero-order chi connectivity index (χ0) is 16.8. The first kappa shape index (κ1) is 15.6. The first-order valence-electron chi connectivity index (χ1n) is 8.80. The Morgan fingerprint density at radius 1 is 1.00 bits per heavy atom. The number of pyridine rings is 1. The second kappa shape index (κ2) is 6.24. The quantitative estimate of drug-likeness (QED) is 0.690. The molecule has 3 nitrogen and oxygen atoms in total. The van der Waals surface area contributed by atoms with E-state index in [1.807, 2.05) is 17.4 Å². The molecule has 5 heteroatoms. The Bertz CT molecular complexity index is 927. The fraction of sp³-hybridized carbons (Fsp3) is 0.350. The summed E-state index contributed by atoms with van der Waals surface area (Å²) in [5, 5.41) is 4.27. The third-order valence-corrected chi connectivity index (χ3v) is 7.18. The van der Waals surface area contributed by atoms with Crippen LogP contribution in [0.15, 0.2) is 52.0 Å². The van der Waals surface area contributed by atoms with Gasteiger partial charge in [0.25, 0.3) is 5.56 Å². The van der Waals surface area contributed by atoms with Crippen molar-refractivity contribution in [2.75, 3.05) is 13.1 Å². The lowest BCUT2D eigenvalue weighted by Gasteiger charge is -2.43. The summed E-state index contributed by atoms with van der Waals surface area (Å²) in [6.45, 7) is 4.06. The number of likely N-dealkylation sites (tertiary alicyclic amines) is 1. The van der Waals surface area contributed by atoms with Crippen molar-refractivity contribution in [3.8, 4) is 10.4 Å². The number of aromatic nitrogens is 1. The van der Waals surface area contributed by atoms with Crippen LogP contribution in [0.1, 0.15) is 22.9 Å². The molecule has 5 heterocycles. The van der Waals surface area contributed by atoms with E-state index in [-0.39, 0.29) is 5.56 Å². The van der Waals surface area contributed by atoms with Crippen LogP contribution < -0.4 is 5.56 Å². The number of hydrogen-bond donors (Lipinski definition) is 0. The van der Waals surface area contributed by atoms with Gasteiger partial charge in [-0.3, -0.25) is 9.69 Å². The van der Waals surface area contributed by atoms with E-state index in [1.165, 1.54) is 27.4 Å². The van der Waals surface area contributed by atoms with Crippen molar-refractivity contribution in [2.45, 2.75) is 25.4 Å². The Kier molecular flexibility index (Phi) is 3.88. The average Bonchev–Trinajstić information content (AvgIpc) is 3.29. The lowest BCUT2D eigenvalue weighted by atomic mass is 9.81. The third-order valence-electron chi connectivity index (χ3n) is 5.41. The van der Waals surface area contributed by atoms with E-state index in [1.54, 1.807) is 17.4 Å². The first-order chi connectivity index (χ1) is 12.3. The van der Waals surface area contributed by atoms with Gasteiger partial charge >= 0.3 is 0 Å². The van der Waals surface area contributed by atoms with Crippen molar-refractivity contribution >= 4 is 22.7 Å². The number of nitrogens with zero attached hydrogens (tertiary/aromatic N) is 2. The molecule has 0 unspecified atom stereocenters. The van der Waals surface area contributed by atoms with Crippen molar-refractivity contribution in [2.24, 2.45) is 5.92 Å². The highest BCUT2D eigenvalue weighted by molar-refractivity contribution is 7.13. The van der Waals surface area contributed by atoms with Crippen LogP contribution in [0.3, 0.4) is 0 Å². The minimum absolute atomic E-state index is 0.164. The van der Waals surface area contributed by atoms with Crippen LogP contribution >= 0.6 is 22.7 Å². The average molecular weight is 369 g/mol. The smallest absolute Gasteiger partial charge is 0.250 e. The van der Waals surface area contributed by atoms with Crippen LogP contribution in [0.25, 0.3) is 10.4 Å². The summed E-state index contributed by atoms with van der Waals surface area (Å²) in [7, 11) is 0. The predicted molar refractivity (Wildman–Crippen MR) is 104 cm³/mol. The highest BCUT2D eigenvalue weighted by atomic mass is 32.1. The molecule has 25 heavy (non-hydrogen) atoms. The van der Waals surface area contributed by atoms with Crippen LogP contribution in [0.5, 0.6) is 0 Å². The van der Waals surface area contributed by atoms with Crippen molar-refractivity contribution in [3.63, 3.8) is 0 Å². The summed E-state index contributed by atoms with van der Waals surface area (Å²) in [5.74, 6) is 1.04. The number of rotatable bonds is 3. The zero-order valence-corrected chi connectivity index (χ0v) is 15.6. The Labute approximate surface area is 155 Å². The summed E-state index contributed by atoms with van der Waals surface area (Å²) in [6, 6.07) is 12.4. The van der Waals surface area contributed by atoms with Gasteiger partial charge < -0.3 is 4.57 Å². The van der Waals surface area contributed by atoms with Crippen molar-refractivity contribution in [1.82, 2.24) is 9.47 Å². The Balaban J connectivity index is 1.53. The third kappa shape index (κ3) is 2.80. The molecule has 3 aromatic heterocycles. The molecule has 0 saturated carbocycles. The maximum absolute atomic E-state index is 12.5. The Morgan fingerprint density at radius 3 is 2.68 bits per heavy atom. The number of piperidine rings is 1. The molecule has 3 aromatic rings. The molecule has 1 saturated heterocycles. The van der Waals surface area contributed by atoms with E-state index in [0.717, 1.165) is 26.2 Å². The molecular weight excluding hydrogens is 348 g/mol. The van der Waals surface area contributed by atoms with Gasteiger partial charge in [-0.05, 0) is 41.3 Å². The minimum Gasteiger partial charge on any atom is -0.311 e. The van der Waals surface area contributed by atoms with Crippen LogP contribution in [0.4, 0.5) is 0 Å². The molecule has 5 rings (SSSR count). The van der Waals surface area contributed by atoms with E-state index in [4.69, 9.17) is 0 Å². The molecule has 2 aliphatic heterocycles. The van der Waals surface area contributed by atoms with Crippen LogP contribution in [0.2, 0.25) is 0 Å². The maximum Gasteiger partial charge on any atom is 0.250 e. The van der Waals surface area contributed by atoms with E-state index >= 15 is 0 Å². The maximum atomic E-state index is 12.5. The highest BCUT2D eigenvalue weighted by Gasteiger charge is 2.36. The van der Waals surface area contributed by atoms with Crippen molar-refractivity contribution in [1.29, 1.82) is 0 Å². The van der Waals surface area contributed by atoms with Gasteiger partial charge in [-0.2, -0.15) is 0 Å². The Morgan fingerprint density at radius 2 is 1.88 bits per heavy atom. The van der Waals surface area contributed by atoms with Gasteiger partial charge in [0.2, 0.25) is 0 Å². The normalized spacial score (nSPS) is 22.7. The molecule has 1 fully saturated rings. The molecule has 2 atom stereocenters. The first-order valence-corrected chi connectivity index (χ1v) is 10.6. The van der Waals surface area contributed by atoms with Crippen molar-refractivity contribution < 1.29 is 0 Å². The molecule has 2 bridgehead atoms. The summed E-state index contributed by atoms with van der Waals surface area (Å²) in [6.07, 6.45) is 1.21. The molecule has 0 spiro atoms. The second-order valence-electron chi connectivity index (χ2n) is 7.13. The minimum atomic E-state index is 0.164. The van der Waals surface area contributed by atoms with E-state index in [2.05, 4.69) is 44.5 Å². The Hall–Kier alpha value is -1.69. The van der Waals surface area contributed by atoms with E-state index in [9.17, 15) is 4.79 Å². The SMILES string of the molecule is O=c1ccc(-c2cccs2)c2n1C[C@H]1C[C@@H]2CN(Cc2cccs2)C1. The molecule has 0 radical (unpaired) electrons. The topological polar surface area (TPSA) is 25.2 Å². The van der Waals surface area contributed by atoms with Gasteiger partial charge in [0.15, 0.2) is 0 Å². The summed E-state index contributed by atoms with van der Waals surface area (Å²) < 4.78 is 2.07. The fourth-order valence-corrected chi connectivity index (χ4v) is 6.01. The summed E-state index contributed by atoms with van der Waals surface area (Å²) in [5.41, 5.74) is 2.69. The molecule has 0 aliphatic carbocycles. The number of thiophene rings is 2. The number of fused-ring (bicyclic) bond motifs is 4. The molecule has 128 valence electrons. The van der Waals surface area contributed by atoms with Gasteiger partial charge in [0.1, 0.15) is 0 Å². The summed E-state index contributed by atoms with van der Waals surface area (Å²) in [4.78, 5) is 17.8. The second-order valence-corrected chi connectivity index (χ2v) is 9.11. The molecule has 2 aliphatic rings. The van der Waals surface area contributed by atoms with Gasteiger partial charge in [0.05, 0.1) is 0 Å². The van der Waals surface area contributed by atoms with Crippen molar-refractivity contribution in [3.05, 3.63) is 68.1 Å². The monoisotopic (exact) mass is 368 g/mol. The van der Waals surface area contributed by atoms with Gasteiger partial charge in [-0.15, -0.1) is 22.7 Å². The van der Waals surface area contributed by atoms with Crippen LogP contribution in [-0.4, -0.2) is 22.6 Å². The van der Waals surface area contributed by atoms with Gasteiger partial charge in [0, 0.05) is 59.2 Å². The fourth-order valence-electron chi connectivity index (χ4n) is 4.51. The molecular formula is C20H20N2OS2. The molecule has 0 aromatic carbocycles.